The first kappa shape index (κ1) is 17.2. The number of rotatable bonds is 0. The lowest BCUT2D eigenvalue weighted by Gasteiger charge is -2.25. The standard InChI is InChI=1S/C20H23Cl2Si/c1-18(2,3)12-7-8-13-14-9-10-16(19(4,5)6)23-17(14)20(21,22)15(13)11-12/h7-11H,1-6H3. The minimum atomic E-state index is -0.911. The maximum Gasteiger partial charge on any atom is 0.165 e. The number of hydrogen-bond acceptors (Lipinski definition) is 0. The first-order chi connectivity index (χ1) is 10.4. The van der Waals surface area contributed by atoms with Crippen LogP contribution in [0, 0.1) is 5.41 Å². The zero-order valence-corrected chi connectivity index (χ0v) is 17.2. The minimum Gasteiger partial charge on any atom is -0.0913 e. The summed E-state index contributed by atoms with van der Waals surface area (Å²) in [4.78, 5) is 0. The van der Waals surface area contributed by atoms with Crippen LogP contribution < -0.4 is 0 Å². The molecule has 1 aliphatic carbocycles. The number of allylic oxidation sites excluding steroid dienone is 4. The maximum absolute atomic E-state index is 6.88. The second-order valence-corrected chi connectivity index (χ2v) is 11.1. The third kappa shape index (κ3) is 2.81. The Morgan fingerprint density at radius 1 is 0.913 bits per heavy atom. The molecule has 0 atom stereocenters. The SMILES string of the molecule is CC(C)(C)C1=CC=C2C(=[Si]1)C(Cl)(Cl)c1cc(C(C)(C)C)ccc12. The molecule has 0 N–H and O–H groups in total. The van der Waals surface area contributed by atoms with Crippen LogP contribution in [-0.2, 0) is 9.75 Å². The van der Waals surface area contributed by atoms with Gasteiger partial charge >= 0.3 is 0 Å². The van der Waals surface area contributed by atoms with Gasteiger partial charge in [-0.3, -0.25) is 0 Å². The predicted molar refractivity (Wildman–Crippen MR) is 105 cm³/mol. The molecule has 3 rings (SSSR count). The van der Waals surface area contributed by atoms with Crippen molar-refractivity contribution in [2.75, 3.05) is 0 Å². The van der Waals surface area contributed by atoms with Crippen molar-refractivity contribution in [2.45, 2.75) is 51.3 Å². The highest BCUT2D eigenvalue weighted by molar-refractivity contribution is 6.83. The van der Waals surface area contributed by atoms with Crippen LogP contribution in [0.1, 0.15) is 58.2 Å². The highest BCUT2D eigenvalue weighted by atomic mass is 35.5. The van der Waals surface area contributed by atoms with Crippen molar-refractivity contribution in [1.29, 1.82) is 0 Å². The normalized spacial score (nSPS) is 19.6. The number of alkyl halides is 2. The molecule has 121 valence electrons. The van der Waals surface area contributed by atoms with E-state index in [2.05, 4.69) is 71.9 Å². The van der Waals surface area contributed by atoms with E-state index in [0.717, 1.165) is 10.7 Å². The lowest BCUT2D eigenvalue weighted by atomic mass is 9.85. The average Bonchev–Trinajstić information content (AvgIpc) is 2.65. The summed E-state index contributed by atoms with van der Waals surface area (Å²) < 4.78 is -0.911. The fourth-order valence-corrected chi connectivity index (χ4v) is 5.30. The van der Waals surface area contributed by atoms with Crippen molar-refractivity contribution in [3.05, 3.63) is 52.2 Å². The summed E-state index contributed by atoms with van der Waals surface area (Å²) >= 11 is 13.8. The zero-order valence-electron chi connectivity index (χ0n) is 14.6. The zero-order chi connectivity index (χ0) is 17.2. The van der Waals surface area contributed by atoms with E-state index in [9.17, 15) is 0 Å². The van der Waals surface area contributed by atoms with Crippen LogP contribution in [0.3, 0.4) is 0 Å². The monoisotopic (exact) mass is 361 g/mol. The lowest BCUT2D eigenvalue weighted by molar-refractivity contribution is 0.530. The van der Waals surface area contributed by atoms with Crippen molar-refractivity contribution in [3.8, 4) is 0 Å². The molecule has 0 nitrogen and oxygen atoms in total. The first-order valence-electron chi connectivity index (χ1n) is 8.03. The molecule has 0 fully saturated rings. The highest BCUT2D eigenvalue weighted by Crippen LogP contribution is 2.51. The smallest absolute Gasteiger partial charge is 0.0913 e. The molecule has 1 aliphatic heterocycles. The Morgan fingerprint density at radius 2 is 1.57 bits per heavy atom. The van der Waals surface area contributed by atoms with Crippen LogP contribution in [-0.4, -0.2) is 14.3 Å². The van der Waals surface area contributed by atoms with Crippen LogP contribution in [0.25, 0.3) is 5.57 Å². The van der Waals surface area contributed by atoms with E-state index in [-0.39, 0.29) is 10.8 Å². The van der Waals surface area contributed by atoms with E-state index in [1.54, 1.807) is 0 Å². The van der Waals surface area contributed by atoms with Gasteiger partial charge in [-0.2, -0.15) is 0 Å². The Morgan fingerprint density at radius 3 is 2.13 bits per heavy atom. The van der Waals surface area contributed by atoms with Crippen molar-refractivity contribution < 1.29 is 0 Å². The summed E-state index contributed by atoms with van der Waals surface area (Å²) in [7, 11) is 0.555. The van der Waals surface area contributed by atoms with E-state index in [1.807, 2.05) is 0 Å². The molecule has 2 aliphatic rings. The Bertz CT molecular complexity index is 766. The van der Waals surface area contributed by atoms with E-state index in [4.69, 9.17) is 23.2 Å². The Hall–Kier alpha value is -0.633. The molecular weight excluding hydrogens is 339 g/mol. The summed E-state index contributed by atoms with van der Waals surface area (Å²) in [6, 6.07) is 6.59. The summed E-state index contributed by atoms with van der Waals surface area (Å²) in [5.41, 5.74) is 4.96. The Labute approximate surface area is 152 Å². The van der Waals surface area contributed by atoms with Gasteiger partial charge in [0.1, 0.15) is 0 Å². The van der Waals surface area contributed by atoms with Crippen LogP contribution >= 0.6 is 23.2 Å². The molecule has 0 unspecified atom stereocenters. The molecule has 0 spiro atoms. The third-order valence-corrected chi connectivity index (χ3v) is 7.76. The Kier molecular flexibility index (Phi) is 3.87. The maximum atomic E-state index is 6.88. The minimum absolute atomic E-state index is 0.0861. The summed E-state index contributed by atoms with van der Waals surface area (Å²) in [6.45, 7) is 13.4. The Balaban J connectivity index is 2.18. The summed E-state index contributed by atoms with van der Waals surface area (Å²) in [5.74, 6) is 0. The van der Waals surface area contributed by atoms with Gasteiger partial charge in [0.25, 0.3) is 0 Å². The van der Waals surface area contributed by atoms with Gasteiger partial charge in [0.05, 0.1) is 9.13 Å². The van der Waals surface area contributed by atoms with Gasteiger partial charge in [-0.15, -0.1) is 0 Å². The average molecular weight is 362 g/mol. The molecular formula is C20H23Cl2Si. The van der Waals surface area contributed by atoms with Crippen molar-refractivity contribution in [2.24, 2.45) is 5.41 Å². The van der Waals surface area contributed by atoms with Gasteiger partial charge in [-0.25, -0.2) is 0 Å². The second-order valence-electron chi connectivity index (χ2n) is 8.50. The van der Waals surface area contributed by atoms with Gasteiger partial charge < -0.3 is 0 Å². The van der Waals surface area contributed by atoms with Crippen LogP contribution in [0.2, 0.25) is 0 Å². The fourth-order valence-electron chi connectivity index (χ4n) is 3.04. The van der Waals surface area contributed by atoms with Gasteiger partial charge in [-0.1, -0.05) is 100 Å². The molecule has 1 aromatic rings. The van der Waals surface area contributed by atoms with Crippen molar-refractivity contribution >= 4 is 43.1 Å². The summed E-state index contributed by atoms with van der Waals surface area (Å²) in [5, 5.41) is 2.57. The van der Waals surface area contributed by atoms with Gasteiger partial charge in [0.15, 0.2) is 4.33 Å². The van der Waals surface area contributed by atoms with Crippen LogP contribution in [0.5, 0.6) is 0 Å². The van der Waals surface area contributed by atoms with E-state index in [0.29, 0.717) is 9.13 Å². The van der Waals surface area contributed by atoms with Gasteiger partial charge in [-0.05, 0) is 32.7 Å². The number of halogens is 2. The van der Waals surface area contributed by atoms with E-state index in [1.165, 1.54) is 21.9 Å². The van der Waals surface area contributed by atoms with Gasteiger partial charge in [0.2, 0.25) is 0 Å². The quantitative estimate of drug-likeness (QED) is 0.402. The van der Waals surface area contributed by atoms with E-state index < -0.39 is 4.33 Å². The number of benzene rings is 1. The summed E-state index contributed by atoms with van der Waals surface area (Å²) in [6.07, 6.45) is 4.46. The lowest BCUT2D eigenvalue weighted by Crippen LogP contribution is -2.26. The molecule has 3 heteroatoms. The third-order valence-electron chi connectivity index (χ3n) is 4.58. The van der Waals surface area contributed by atoms with Crippen molar-refractivity contribution in [3.63, 3.8) is 0 Å². The molecule has 23 heavy (non-hydrogen) atoms. The molecule has 0 saturated carbocycles. The fraction of sp³-hybridized carbons (Fsp3) is 0.450. The highest BCUT2D eigenvalue weighted by Gasteiger charge is 2.44. The first-order valence-corrected chi connectivity index (χ1v) is 9.78. The molecule has 0 aromatic heterocycles. The predicted octanol–water partition coefficient (Wildman–Crippen LogP) is 5.83. The molecule has 0 saturated heterocycles. The molecule has 1 heterocycles. The molecule has 1 radical (unpaired) electrons. The number of hydrogen-bond donors (Lipinski definition) is 0. The van der Waals surface area contributed by atoms with Crippen LogP contribution in [0.4, 0.5) is 0 Å². The van der Waals surface area contributed by atoms with Gasteiger partial charge in [0, 0.05) is 5.56 Å². The largest absolute Gasteiger partial charge is 0.165 e. The number of fused-ring (bicyclic) bond motifs is 3. The molecule has 0 amide bonds. The molecule has 0 bridgehead atoms. The van der Waals surface area contributed by atoms with Crippen molar-refractivity contribution in [1.82, 2.24) is 0 Å². The second kappa shape index (κ2) is 5.18. The molecule has 1 aromatic carbocycles. The van der Waals surface area contributed by atoms with E-state index >= 15 is 0 Å². The topological polar surface area (TPSA) is 0 Å². The van der Waals surface area contributed by atoms with Crippen LogP contribution in [0.15, 0.2) is 35.5 Å².